The molecular weight excluding hydrogens is 332 g/mol. The topological polar surface area (TPSA) is 122 Å². The highest BCUT2D eigenvalue weighted by Crippen LogP contribution is 2.21. The van der Waals surface area contributed by atoms with Crippen LogP contribution in [0.3, 0.4) is 0 Å². The number of hydrogen-bond donors (Lipinski definition) is 4. The number of nitrogens with zero attached hydrogens (tertiary/aromatic N) is 2. The summed E-state index contributed by atoms with van der Waals surface area (Å²) in [6.45, 7) is 7.58. The summed E-state index contributed by atoms with van der Waals surface area (Å²) in [5.41, 5.74) is 7.00. The normalized spacial score (nSPS) is 11.7. The highest BCUT2D eigenvalue weighted by Gasteiger charge is 2.16. The number of carbonyl (C=O) groups is 2. The molecule has 5 N–H and O–H groups in total. The standard InChI is InChI=1S/C18H24N6O2/c1-10(2)11(3)21-17-15(16(19)26)9-20-18(24-17)23-14-7-5-6-13(8-14)22-12(4)25/h5-11H,1-4H3,(H2,19,26)(H,22,25)(H2,20,21,23,24)/t11-/m1/s1. The molecule has 0 bridgehead atoms. The Kier molecular flexibility index (Phi) is 6.11. The quantitative estimate of drug-likeness (QED) is 0.605. The number of carbonyl (C=O) groups excluding carboxylic acids is 2. The molecular formula is C18H24N6O2. The lowest BCUT2D eigenvalue weighted by Gasteiger charge is -2.20. The van der Waals surface area contributed by atoms with Crippen LogP contribution >= 0.6 is 0 Å². The van der Waals surface area contributed by atoms with Crippen LogP contribution in [-0.2, 0) is 4.79 Å². The summed E-state index contributed by atoms with van der Waals surface area (Å²) in [6.07, 6.45) is 1.39. The van der Waals surface area contributed by atoms with Gasteiger partial charge in [-0.05, 0) is 31.0 Å². The number of rotatable bonds is 7. The van der Waals surface area contributed by atoms with Crippen LogP contribution in [0.1, 0.15) is 38.1 Å². The lowest BCUT2D eigenvalue weighted by atomic mass is 10.1. The fourth-order valence-corrected chi connectivity index (χ4v) is 2.12. The molecule has 0 radical (unpaired) electrons. The van der Waals surface area contributed by atoms with Gasteiger partial charge in [-0.25, -0.2) is 4.98 Å². The molecule has 0 spiro atoms. The Morgan fingerprint density at radius 2 is 1.85 bits per heavy atom. The number of amides is 2. The van der Waals surface area contributed by atoms with Gasteiger partial charge in [0.05, 0.1) is 5.56 Å². The van der Waals surface area contributed by atoms with Gasteiger partial charge in [0.15, 0.2) is 0 Å². The largest absolute Gasteiger partial charge is 0.367 e. The van der Waals surface area contributed by atoms with Crippen LogP contribution in [-0.4, -0.2) is 27.8 Å². The second-order valence-electron chi connectivity index (χ2n) is 6.38. The van der Waals surface area contributed by atoms with Crippen LogP contribution in [0.2, 0.25) is 0 Å². The maximum Gasteiger partial charge on any atom is 0.254 e. The van der Waals surface area contributed by atoms with Crippen LogP contribution in [0.25, 0.3) is 0 Å². The van der Waals surface area contributed by atoms with Gasteiger partial charge in [0.2, 0.25) is 11.9 Å². The molecule has 1 aromatic carbocycles. The average molecular weight is 356 g/mol. The first kappa shape index (κ1) is 19.2. The zero-order valence-electron chi connectivity index (χ0n) is 15.3. The molecule has 0 saturated heterocycles. The molecule has 0 aliphatic heterocycles. The van der Waals surface area contributed by atoms with Crippen molar-refractivity contribution in [1.29, 1.82) is 0 Å². The molecule has 1 aromatic heterocycles. The van der Waals surface area contributed by atoms with Crippen molar-refractivity contribution in [2.45, 2.75) is 33.7 Å². The molecule has 2 amide bonds. The van der Waals surface area contributed by atoms with Crippen molar-refractivity contribution in [3.05, 3.63) is 36.0 Å². The van der Waals surface area contributed by atoms with E-state index in [1.807, 2.05) is 13.0 Å². The Morgan fingerprint density at radius 3 is 2.46 bits per heavy atom. The fourth-order valence-electron chi connectivity index (χ4n) is 2.12. The Morgan fingerprint density at radius 1 is 1.15 bits per heavy atom. The minimum Gasteiger partial charge on any atom is -0.367 e. The Balaban J connectivity index is 2.27. The van der Waals surface area contributed by atoms with E-state index in [0.29, 0.717) is 29.1 Å². The summed E-state index contributed by atoms with van der Waals surface area (Å²) >= 11 is 0. The predicted molar refractivity (Wildman–Crippen MR) is 103 cm³/mol. The Bertz CT molecular complexity index is 806. The first-order valence-corrected chi connectivity index (χ1v) is 8.34. The first-order valence-electron chi connectivity index (χ1n) is 8.34. The Hall–Kier alpha value is -3.16. The van der Waals surface area contributed by atoms with Gasteiger partial charge < -0.3 is 21.7 Å². The molecule has 26 heavy (non-hydrogen) atoms. The second kappa shape index (κ2) is 8.28. The minimum absolute atomic E-state index is 0.0962. The minimum atomic E-state index is -0.595. The van der Waals surface area contributed by atoms with E-state index in [2.05, 4.69) is 39.8 Å². The number of primary amides is 1. The third-order valence-corrected chi connectivity index (χ3v) is 3.86. The maximum absolute atomic E-state index is 11.6. The van der Waals surface area contributed by atoms with Crippen LogP contribution < -0.4 is 21.7 Å². The van der Waals surface area contributed by atoms with Crippen molar-refractivity contribution in [2.24, 2.45) is 11.7 Å². The van der Waals surface area contributed by atoms with E-state index in [9.17, 15) is 9.59 Å². The zero-order chi connectivity index (χ0) is 19.3. The van der Waals surface area contributed by atoms with Crippen molar-refractivity contribution in [3.8, 4) is 0 Å². The van der Waals surface area contributed by atoms with Gasteiger partial charge in [0.1, 0.15) is 5.82 Å². The van der Waals surface area contributed by atoms with Crippen LogP contribution in [0.15, 0.2) is 30.5 Å². The van der Waals surface area contributed by atoms with E-state index < -0.39 is 5.91 Å². The van der Waals surface area contributed by atoms with E-state index in [1.165, 1.54) is 13.1 Å². The number of nitrogens with two attached hydrogens (primary N) is 1. The SMILES string of the molecule is CC(=O)Nc1cccc(Nc2ncc(C(N)=O)c(N[C@H](C)C(C)C)n2)c1. The lowest BCUT2D eigenvalue weighted by Crippen LogP contribution is -2.25. The molecule has 8 nitrogen and oxygen atoms in total. The van der Waals surface area contributed by atoms with E-state index in [0.717, 1.165) is 0 Å². The van der Waals surface area contributed by atoms with Gasteiger partial charge in [-0.1, -0.05) is 19.9 Å². The summed E-state index contributed by atoms with van der Waals surface area (Å²) < 4.78 is 0. The van der Waals surface area contributed by atoms with Crippen molar-refractivity contribution < 1.29 is 9.59 Å². The average Bonchev–Trinajstić information content (AvgIpc) is 2.54. The van der Waals surface area contributed by atoms with Crippen LogP contribution in [0, 0.1) is 5.92 Å². The van der Waals surface area contributed by atoms with Gasteiger partial charge in [-0.3, -0.25) is 9.59 Å². The number of aromatic nitrogens is 2. The van der Waals surface area contributed by atoms with E-state index in [-0.39, 0.29) is 17.5 Å². The molecule has 0 saturated carbocycles. The molecule has 0 unspecified atom stereocenters. The summed E-state index contributed by atoms with van der Waals surface area (Å²) in [5, 5.41) is 8.98. The molecule has 2 rings (SSSR count). The first-order chi connectivity index (χ1) is 12.3. The smallest absolute Gasteiger partial charge is 0.254 e. The molecule has 138 valence electrons. The van der Waals surface area contributed by atoms with Gasteiger partial charge in [-0.15, -0.1) is 0 Å². The zero-order valence-corrected chi connectivity index (χ0v) is 15.3. The van der Waals surface area contributed by atoms with Crippen molar-refractivity contribution in [2.75, 3.05) is 16.0 Å². The van der Waals surface area contributed by atoms with Gasteiger partial charge >= 0.3 is 0 Å². The highest BCUT2D eigenvalue weighted by molar-refractivity contribution is 5.97. The lowest BCUT2D eigenvalue weighted by molar-refractivity contribution is -0.114. The maximum atomic E-state index is 11.6. The summed E-state index contributed by atoms with van der Waals surface area (Å²) in [5.74, 6) is 0.292. The van der Waals surface area contributed by atoms with E-state index in [4.69, 9.17) is 5.73 Å². The monoisotopic (exact) mass is 356 g/mol. The molecule has 0 fully saturated rings. The third-order valence-electron chi connectivity index (χ3n) is 3.86. The van der Waals surface area contributed by atoms with Gasteiger partial charge in [0, 0.05) is 30.5 Å². The molecule has 1 atom stereocenters. The van der Waals surface area contributed by atoms with Crippen LogP contribution in [0.4, 0.5) is 23.1 Å². The van der Waals surface area contributed by atoms with Gasteiger partial charge in [-0.2, -0.15) is 4.98 Å². The number of benzene rings is 1. The van der Waals surface area contributed by atoms with Crippen molar-refractivity contribution >= 4 is 35.0 Å². The molecule has 0 aliphatic carbocycles. The van der Waals surface area contributed by atoms with E-state index in [1.54, 1.807) is 18.2 Å². The highest BCUT2D eigenvalue weighted by atomic mass is 16.1. The van der Waals surface area contributed by atoms with Crippen molar-refractivity contribution in [1.82, 2.24) is 9.97 Å². The molecule has 1 heterocycles. The summed E-state index contributed by atoms with van der Waals surface area (Å²) in [7, 11) is 0. The van der Waals surface area contributed by atoms with E-state index >= 15 is 0 Å². The second-order valence-corrected chi connectivity index (χ2v) is 6.38. The number of nitrogens with one attached hydrogen (secondary N) is 3. The van der Waals surface area contributed by atoms with Crippen LogP contribution in [0.5, 0.6) is 0 Å². The number of hydrogen-bond acceptors (Lipinski definition) is 6. The molecule has 0 aliphatic rings. The fraction of sp³-hybridized carbons (Fsp3) is 0.333. The van der Waals surface area contributed by atoms with Gasteiger partial charge in [0.25, 0.3) is 5.91 Å². The summed E-state index contributed by atoms with van der Waals surface area (Å²) in [6, 6.07) is 7.25. The number of anilines is 4. The molecule has 2 aromatic rings. The molecule has 8 heteroatoms. The third kappa shape index (κ3) is 5.17. The summed E-state index contributed by atoms with van der Waals surface area (Å²) in [4.78, 5) is 31.3. The Labute approximate surface area is 152 Å². The van der Waals surface area contributed by atoms with Crippen molar-refractivity contribution in [3.63, 3.8) is 0 Å². The predicted octanol–water partition coefficient (Wildman–Crippen LogP) is 2.73.